The lowest BCUT2D eigenvalue weighted by atomic mass is 10.0. The predicted octanol–water partition coefficient (Wildman–Crippen LogP) is 2.98. The molecule has 0 amide bonds. The van der Waals surface area contributed by atoms with Crippen LogP contribution in [0.3, 0.4) is 0 Å². The zero-order valence-corrected chi connectivity index (χ0v) is 13.6. The van der Waals surface area contributed by atoms with Gasteiger partial charge >= 0.3 is 0 Å². The van der Waals surface area contributed by atoms with Crippen LogP contribution in [0.5, 0.6) is 0 Å². The Bertz CT molecular complexity index is 869. The summed E-state index contributed by atoms with van der Waals surface area (Å²) in [6, 6.07) is 14.9. The number of hydrogen-bond donors (Lipinski definition) is 0. The Morgan fingerprint density at radius 1 is 1.17 bits per heavy atom. The number of pyridine rings is 1. The van der Waals surface area contributed by atoms with Crippen LogP contribution in [0.2, 0.25) is 0 Å². The molecule has 122 valence electrons. The Morgan fingerprint density at radius 3 is 2.71 bits per heavy atom. The highest BCUT2D eigenvalue weighted by atomic mass is 32.2. The second-order valence-electron chi connectivity index (χ2n) is 5.64. The van der Waals surface area contributed by atoms with Gasteiger partial charge in [-0.1, -0.05) is 36.4 Å². The summed E-state index contributed by atoms with van der Waals surface area (Å²) >= 11 is 0. The first-order valence-electron chi connectivity index (χ1n) is 7.66. The van der Waals surface area contributed by atoms with Crippen LogP contribution >= 0.6 is 0 Å². The Kier molecular flexibility index (Phi) is 3.93. The molecule has 1 aliphatic rings. The van der Waals surface area contributed by atoms with E-state index in [1.54, 1.807) is 23.0 Å². The molecule has 0 N–H and O–H groups in total. The fourth-order valence-corrected chi connectivity index (χ4v) is 3.83. The number of alkyl halides is 1. The van der Waals surface area contributed by atoms with Crippen LogP contribution in [0, 0.1) is 0 Å². The zero-order chi connectivity index (χ0) is 16.5. The third-order valence-corrected chi connectivity index (χ3v) is 5.18. The van der Waals surface area contributed by atoms with Crippen molar-refractivity contribution in [2.75, 3.05) is 0 Å². The second-order valence-corrected chi connectivity index (χ2v) is 6.98. The Labute approximate surface area is 141 Å². The first-order chi connectivity index (χ1) is 11.7. The van der Waals surface area contributed by atoms with E-state index in [2.05, 4.69) is 15.1 Å². The van der Waals surface area contributed by atoms with Gasteiger partial charge in [0, 0.05) is 12.6 Å². The quantitative estimate of drug-likeness (QED) is 0.731. The molecule has 3 aromatic rings. The molecule has 3 heterocycles. The van der Waals surface area contributed by atoms with Crippen molar-refractivity contribution in [2.45, 2.75) is 29.5 Å². The largest absolute Gasteiger partial charge is 0.260 e. The van der Waals surface area contributed by atoms with Crippen molar-refractivity contribution >= 4 is 10.8 Å². The molecule has 0 saturated carbocycles. The average Bonchev–Trinajstić information content (AvgIpc) is 3.18. The summed E-state index contributed by atoms with van der Waals surface area (Å²) in [5.74, 6) is 0.477. The first-order valence-corrected chi connectivity index (χ1v) is 8.98. The molecule has 0 saturated heterocycles. The third kappa shape index (κ3) is 2.75. The fourth-order valence-electron chi connectivity index (χ4n) is 2.89. The number of halogens is 1. The molecule has 1 aromatic carbocycles. The lowest BCUT2D eigenvalue weighted by Gasteiger charge is -2.11. The lowest BCUT2D eigenvalue weighted by Crippen LogP contribution is -2.08. The van der Waals surface area contributed by atoms with Crippen LogP contribution in [-0.4, -0.2) is 24.0 Å². The maximum atomic E-state index is 14.3. The van der Waals surface area contributed by atoms with Gasteiger partial charge in [-0.2, -0.15) is 0 Å². The van der Waals surface area contributed by atoms with Crippen molar-refractivity contribution in [3.05, 3.63) is 71.8 Å². The summed E-state index contributed by atoms with van der Waals surface area (Å²) in [5, 5.41) is 4.50. The zero-order valence-electron chi connectivity index (χ0n) is 12.7. The van der Waals surface area contributed by atoms with Gasteiger partial charge in [0.2, 0.25) is 5.16 Å². The molecule has 7 heteroatoms. The van der Waals surface area contributed by atoms with Crippen LogP contribution in [0.15, 0.2) is 59.9 Å². The number of benzene rings is 1. The molecule has 4 rings (SSSR count). The Morgan fingerprint density at radius 2 is 1.96 bits per heavy atom. The van der Waals surface area contributed by atoms with E-state index in [1.165, 1.54) is 0 Å². The van der Waals surface area contributed by atoms with E-state index in [0.717, 1.165) is 5.56 Å². The smallest absolute Gasteiger partial charge is 0.239 e. The molecule has 1 unspecified atom stereocenters. The molecular weight excluding hydrogens is 327 g/mol. The summed E-state index contributed by atoms with van der Waals surface area (Å²) in [7, 11) is -1.45. The van der Waals surface area contributed by atoms with Gasteiger partial charge in [0.25, 0.3) is 0 Å². The van der Waals surface area contributed by atoms with E-state index in [-0.39, 0.29) is 22.8 Å². The highest BCUT2D eigenvalue weighted by Gasteiger charge is 2.36. The predicted molar refractivity (Wildman–Crippen MR) is 87.4 cm³/mol. The Balaban J connectivity index is 1.62. The van der Waals surface area contributed by atoms with E-state index in [9.17, 15) is 8.60 Å². The van der Waals surface area contributed by atoms with E-state index in [1.807, 2.05) is 36.4 Å². The van der Waals surface area contributed by atoms with Crippen LogP contribution in [0.4, 0.5) is 4.39 Å². The fraction of sp³-hybridized carbons (Fsp3) is 0.235. The van der Waals surface area contributed by atoms with Gasteiger partial charge < -0.3 is 0 Å². The molecule has 0 fully saturated rings. The Hall–Kier alpha value is -2.41. The van der Waals surface area contributed by atoms with Crippen LogP contribution in [-0.2, 0) is 16.6 Å². The number of aromatic nitrogens is 4. The number of fused-ring (bicyclic) bond motifs is 1. The molecule has 0 spiro atoms. The summed E-state index contributed by atoms with van der Waals surface area (Å²) < 4.78 is 28.4. The number of nitrogens with zero attached hydrogens (tertiary/aromatic N) is 4. The van der Waals surface area contributed by atoms with E-state index < -0.39 is 17.0 Å². The van der Waals surface area contributed by atoms with Crippen molar-refractivity contribution in [1.29, 1.82) is 0 Å². The van der Waals surface area contributed by atoms with Crippen molar-refractivity contribution in [3.8, 4) is 0 Å². The van der Waals surface area contributed by atoms with Gasteiger partial charge in [0.15, 0.2) is 12.0 Å². The molecule has 0 aliphatic carbocycles. The average molecular weight is 342 g/mol. The first kappa shape index (κ1) is 15.1. The maximum Gasteiger partial charge on any atom is 0.239 e. The number of rotatable bonds is 4. The SMILES string of the molecule is O=S(Cc1ccccn1)c1nc2n(n1)[C@H](c1ccccc1)C[C@@H]2F. The molecule has 5 nitrogen and oxygen atoms in total. The minimum Gasteiger partial charge on any atom is -0.260 e. The summed E-state index contributed by atoms with van der Waals surface area (Å²) in [5.41, 5.74) is 1.67. The highest BCUT2D eigenvalue weighted by molar-refractivity contribution is 7.84. The highest BCUT2D eigenvalue weighted by Crippen LogP contribution is 2.39. The second kappa shape index (κ2) is 6.24. The van der Waals surface area contributed by atoms with Gasteiger partial charge in [-0.15, -0.1) is 5.10 Å². The van der Waals surface area contributed by atoms with Gasteiger partial charge in [-0.25, -0.2) is 14.1 Å². The van der Waals surface area contributed by atoms with Crippen LogP contribution in [0.1, 0.15) is 35.7 Å². The molecule has 3 atom stereocenters. The van der Waals surface area contributed by atoms with Crippen LogP contribution < -0.4 is 0 Å². The molecular formula is C17H15FN4OS. The topological polar surface area (TPSA) is 60.7 Å². The lowest BCUT2D eigenvalue weighted by molar-refractivity contribution is 0.327. The maximum absolute atomic E-state index is 14.3. The summed E-state index contributed by atoms with van der Waals surface area (Å²) in [6.45, 7) is 0. The molecule has 0 radical (unpaired) electrons. The van der Waals surface area contributed by atoms with Crippen molar-refractivity contribution in [2.24, 2.45) is 0 Å². The van der Waals surface area contributed by atoms with Gasteiger partial charge in [-0.3, -0.25) is 9.19 Å². The van der Waals surface area contributed by atoms with Gasteiger partial charge in [-0.05, 0) is 17.7 Å². The van der Waals surface area contributed by atoms with E-state index in [4.69, 9.17) is 0 Å². The third-order valence-electron chi connectivity index (χ3n) is 4.04. The van der Waals surface area contributed by atoms with E-state index in [0.29, 0.717) is 12.1 Å². The molecule has 24 heavy (non-hydrogen) atoms. The minimum atomic E-state index is -1.45. The normalized spacial score (nSPS) is 20.7. The summed E-state index contributed by atoms with van der Waals surface area (Å²) in [4.78, 5) is 8.35. The van der Waals surface area contributed by atoms with Crippen molar-refractivity contribution in [3.63, 3.8) is 0 Å². The van der Waals surface area contributed by atoms with Crippen molar-refractivity contribution < 1.29 is 8.60 Å². The van der Waals surface area contributed by atoms with Crippen LogP contribution in [0.25, 0.3) is 0 Å². The summed E-state index contributed by atoms with van der Waals surface area (Å²) in [6.07, 6.45) is 0.770. The van der Waals surface area contributed by atoms with Gasteiger partial charge in [0.05, 0.1) is 28.3 Å². The molecule has 0 bridgehead atoms. The number of hydrogen-bond acceptors (Lipinski definition) is 4. The van der Waals surface area contributed by atoms with Gasteiger partial charge in [0.1, 0.15) is 0 Å². The monoisotopic (exact) mass is 342 g/mol. The molecule has 1 aliphatic heterocycles. The van der Waals surface area contributed by atoms with E-state index >= 15 is 0 Å². The van der Waals surface area contributed by atoms with Crippen molar-refractivity contribution in [1.82, 2.24) is 19.7 Å². The molecule has 2 aromatic heterocycles. The minimum absolute atomic E-state index is 0.166. The standard InChI is InChI=1S/C17H15FN4OS/c18-14-10-15(12-6-2-1-3-7-12)22-16(14)20-17(21-22)24(23)11-13-8-4-5-9-19-13/h1-9,14-15H,10-11H2/t14-,15-,24?/m0/s1.